The number of rotatable bonds is 6. The molecular weight excluding hydrogens is 416 g/mol. The Kier molecular flexibility index (Phi) is 6.13. The lowest BCUT2D eigenvalue weighted by Crippen LogP contribution is -2.43. The Morgan fingerprint density at radius 1 is 1.00 bits per heavy atom. The molecule has 1 unspecified atom stereocenters. The molecule has 2 aromatic carbocycles. The number of nitrogens with one attached hydrogen (secondary N) is 1. The third kappa shape index (κ3) is 4.51. The van der Waals surface area contributed by atoms with E-state index in [9.17, 15) is 9.59 Å². The van der Waals surface area contributed by atoms with Gasteiger partial charge in [-0.2, -0.15) is 0 Å². The summed E-state index contributed by atoms with van der Waals surface area (Å²) < 4.78 is 10.3. The summed E-state index contributed by atoms with van der Waals surface area (Å²) in [6.07, 6.45) is 1.38. The van der Waals surface area contributed by atoms with E-state index in [1.54, 1.807) is 43.4 Å². The number of carbonyl (C=O) groups is 2. The van der Waals surface area contributed by atoms with Crippen LogP contribution in [0.15, 0.2) is 48.5 Å². The summed E-state index contributed by atoms with van der Waals surface area (Å²) in [4.78, 5) is 27.4. The molecule has 0 radical (unpaired) electrons. The van der Waals surface area contributed by atoms with Crippen LogP contribution >= 0.6 is 11.3 Å². The highest BCUT2D eigenvalue weighted by Gasteiger charge is 2.35. The van der Waals surface area contributed by atoms with Crippen molar-refractivity contribution < 1.29 is 19.1 Å². The van der Waals surface area contributed by atoms with Crippen LogP contribution in [0, 0.1) is 0 Å². The summed E-state index contributed by atoms with van der Waals surface area (Å²) in [5.74, 6) is 1.01. The van der Waals surface area contributed by atoms with E-state index < -0.39 is 6.04 Å². The number of hydrogen-bond donors (Lipinski definition) is 1. The highest BCUT2D eigenvalue weighted by atomic mass is 32.1. The standard InChI is InChI=1S/C22H22N4O4S/c1-29-16-9-5-14(6-10-16)20-24-25-22(31-20)23-19(27)18-4-3-13-26(18)21(28)15-7-11-17(30-2)12-8-15/h5-12,18H,3-4,13H2,1-2H3,(H,23,25,27). The molecule has 1 aliphatic heterocycles. The number of likely N-dealkylation sites (tertiary alicyclic amines) is 1. The van der Waals surface area contributed by atoms with Gasteiger partial charge in [0.15, 0.2) is 0 Å². The number of carbonyl (C=O) groups excluding carboxylic acids is 2. The average molecular weight is 439 g/mol. The Morgan fingerprint density at radius 2 is 1.65 bits per heavy atom. The fourth-order valence-corrected chi connectivity index (χ4v) is 4.25. The van der Waals surface area contributed by atoms with E-state index in [0.29, 0.717) is 34.4 Å². The van der Waals surface area contributed by atoms with Gasteiger partial charge in [-0.05, 0) is 61.4 Å². The van der Waals surface area contributed by atoms with Crippen LogP contribution in [0.25, 0.3) is 10.6 Å². The first-order valence-corrected chi connectivity index (χ1v) is 10.6. The number of hydrogen-bond acceptors (Lipinski definition) is 7. The van der Waals surface area contributed by atoms with E-state index in [-0.39, 0.29) is 11.8 Å². The van der Waals surface area contributed by atoms with Crippen molar-refractivity contribution in [1.82, 2.24) is 15.1 Å². The first kappa shape index (κ1) is 20.8. The second kappa shape index (κ2) is 9.13. The SMILES string of the molecule is COc1ccc(C(=O)N2CCCC2C(=O)Nc2nnc(-c3ccc(OC)cc3)s2)cc1. The first-order chi connectivity index (χ1) is 15.1. The minimum absolute atomic E-state index is 0.170. The van der Waals surface area contributed by atoms with E-state index in [1.807, 2.05) is 24.3 Å². The van der Waals surface area contributed by atoms with E-state index >= 15 is 0 Å². The lowest BCUT2D eigenvalue weighted by atomic mass is 10.1. The van der Waals surface area contributed by atoms with Crippen molar-refractivity contribution >= 4 is 28.3 Å². The summed E-state index contributed by atoms with van der Waals surface area (Å²) in [7, 11) is 3.18. The van der Waals surface area contributed by atoms with Gasteiger partial charge in [-0.1, -0.05) is 11.3 Å². The van der Waals surface area contributed by atoms with Crippen LogP contribution in [-0.4, -0.2) is 53.7 Å². The van der Waals surface area contributed by atoms with Crippen LogP contribution in [0.2, 0.25) is 0 Å². The summed E-state index contributed by atoms with van der Waals surface area (Å²) in [6, 6.07) is 13.8. The molecule has 0 bridgehead atoms. The maximum absolute atomic E-state index is 12.9. The predicted octanol–water partition coefficient (Wildman–Crippen LogP) is 3.47. The highest BCUT2D eigenvalue weighted by molar-refractivity contribution is 7.18. The Hall–Kier alpha value is -3.46. The maximum Gasteiger partial charge on any atom is 0.254 e. The minimum Gasteiger partial charge on any atom is -0.497 e. The molecule has 0 saturated carbocycles. The molecule has 1 saturated heterocycles. The molecule has 8 nitrogen and oxygen atoms in total. The lowest BCUT2D eigenvalue weighted by molar-refractivity contribution is -0.119. The van der Waals surface area contributed by atoms with E-state index in [1.165, 1.54) is 11.3 Å². The highest BCUT2D eigenvalue weighted by Crippen LogP contribution is 2.29. The van der Waals surface area contributed by atoms with E-state index in [2.05, 4.69) is 15.5 Å². The normalized spacial score (nSPS) is 15.5. The third-order valence-corrected chi connectivity index (χ3v) is 6.03. The van der Waals surface area contributed by atoms with Gasteiger partial charge >= 0.3 is 0 Å². The van der Waals surface area contributed by atoms with Crippen molar-refractivity contribution in [2.45, 2.75) is 18.9 Å². The monoisotopic (exact) mass is 438 g/mol. The van der Waals surface area contributed by atoms with Gasteiger partial charge in [0, 0.05) is 17.7 Å². The Labute approximate surface area is 183 Å². The summed E-state index contributed by atoms with van der Waals surface area (Å²) in [5.41, 5.74) is 1.41. The molecule has 9 heteroatoms. The van der Waals surface area contributed by atoms with Gasteiger partial charge in [-0.15, -0.1) is 10.2 Å². The quantitative estimate of drug-likeness (QED) is 0.633. The Bertz CT molecular complexity index is 1070. The zero-order valence-electron chi connectivity index (χ0n) is 17.2. The molecule has 3 aromatic rings. The van der Waals surface area contributed by atoms with Crippen LogP contribution < -0.4 is 14.8 Å². The molecular formula is C22H22N4O4S. The molecule has 2 amide bonds. The second-order valence-corrected chi connectivity index (χ2v) is 7.99. The molecule has 1 fully saturated rings. The van der Waals surface area contributed by atoms with Crippen LogP contribution in [0.5, 0.6) is 11.5 Å². The Morgan fingerprint density at radius 3 is 2.29 bits per heavy atom. The van der Waals surface area contributed by atoms with Crippen molar-refractivity contribution in [1.29, 1.82) is 0 Å². The molecule has 1 atom stereocenters. The molecule has 0 aliphatic carbocycles. The number of aromatic nitrogens is 2. The van der Waals surface area contributed by atoms with Crippen molar-refractivity contribution in [3.05, 3.63) is 54.1 Å². The van der Waals surface area contributed by atoms with Crippen LogP contribution in [0.3, 0.4) is 0 Å². The molecule has 31 heavy (non-hydrogen) atoms. The number of benzene rings is 2. The van der Waals surface area contributed by atoms with Crippen molar-refractivity contribution in [3.63, 3.8) is 0 Å². The number of anilines is 1. The third-order valence-electron chi connectivity index (χ3n) is 5.15. The molecule has 0 spiro atoms. The topological polar surface area (TPSA) is 93.7 Å². The van der Waals surface area contributed by atoms with Crippen LogP contribution in [0.4, 0.5) is 5.13 Å². The first-order valence-electron chi connectivity index (χ1n) is 9.83. The lowest BCUT2D eigenvalue weighted by Gasteiger charge is -2.23. The second-order valence-electron chi connectivity index (χ2n) is 7.02. The molecule has 160 valence electrons. The largest absolute Gasteiger partial charge is 0.497 e. The Balaban J connectivity index is 1.43. The van der Waals surface area contributed by atoms with Gasteiger partial charge in [-0.3, -0.25) is 14.9 Å². The maximum atomic E-state index is 12.9. The zero-order valence-corrected chi connectivity index (χ0v) is 18.0. The number of nitrogens with zero attached hydrogens (tertiary/aromatic N) is 3. The van der Waals surface area contributed by atoms with Crippen molar-refractivity contribution in [3.8, 4) is 22.1 Å². The van der Waals surface area contributed by atoms with Gasteiger partial charge < -0.3 is 14.4 Å². The number of ether oxygens (including phenoxy) is 2. The van der Waals surface area contributed by atoms with Gasteiger partial charge in [0.2, 0.25) is 11.0 Å². The van der Waals surface area contributed by atoms with Gasteiger partial charge in [-0.25, -0.2) is 0 Å². The van der Waals surface area contributed by atoms with E-state index in [4.69, 9.17) is 9.47 Å². The summed E-state index contributed by atoms with van der Waals surface area (Å²) in [5, 5.41) is 12.2. The van der Waals surface area contributed by atoms with Crippen LogP contribution in [0.1, 0.15) is 23.2 Å². The molecule has 1 aliphatic rings. The van der Waals surface area contributed by atoms with Crippen LogP contribution in [-0.2, 0) is 4.79 Å². The summed E-state index contributed by atoms with van der Waals surface area (Å²) >= 11 is 1.28. The van der Waals surface area contributed by atoms with Gasteiger partial charge in [0.1, 0.15) is 22.5 Å². The van der Waals surface area contributed by atoms with Crippen molar-refractivity contribution in [2.75, 3.05) is 26.1 Å². The zero-order chi connectivity index (χ0) is 21.8. The smallest absolute Gasteiger partial charge is 0.254 e. The van der Waals surface area contributed by atoms with Gasteiger partial charge in [0.25, 0.3) is 5.91 Å². The van der Waals surface area contributed by atoms with E-state index in [0.717, 1.165) is 17.7 Å². The fourth-order valence-electron chi connectivity index (χ4n) is 3.49. The number of methoxy groups -OCH3 is 2. The minimum atomic E-state index is -0.539. The number of amides is 2. The molecule has 4 rings (SSSR count). The molecule has 1 N–H and O–H groups in total. The molecule has 2 heterocycles. The molecule has 1 aromatic heterocycles. The van der Waals surface area contributed by atoms with Gasteiger partial charge in [0.05, 0.1) is 14.2 Å². The van der Waals surface area contributed by atoms with Crippen molar-refractivity contribution in [2.24, 2.45) is 0 Å². The fraction of sp³-hybridized carbons (Fsp3) is 0.273. The predicted molar refractivity (Wildman–Crippen MR) is 118 cm³/mol. The summed E-state index contributed by atoms with van der Waals surface area (Å²) in [6.45, 7) is 0.538. The average Bonchev–Trinajstić information content (AvgIpc) is 3.49.